The fraction of sp³-hybridized carbons (Fsp3) is 0.412. The van der Waals surface area contributed by atoms with Gasteiger partial charge < -0.3 is 15.7 Å². The second-order valence-corrected chi connectivity index (χ2v) is 7.12. The molecule has 122 valence electrons. The Labute approximate surface area is 139 Å². The first-order valence-corrected chi connectivity index (χ1v) is 8.57. The average Bonchev–Trinajstić information content (AvgIpc) is 3.11. The number of thiazole rings is 1. The van der Waals surface area contributed by atoms with Gasteiger partial charge in [0.05, 0.1) is 27.7 Å². The lowest BCUT2D eigenvalue weighted by molar-refractivity contribution is -0.123. The summed E-state index contributed by atoms with van der Waals surface area (Å²) < 4.78 is 0. The van der Waals surface area contributed by atoms with Crippen LogP contribution >= 0.6 is 11.3 Å². The summed E-state index contributed by atoms with van der Waals surface area (Å²) in [5.74, 6) is -0.0560. The fourth-order valence-electron chi connectivity index (χ4n) is 2.80. The Balaban J connectivity index is 1.59. The van der Waals surface area contributed by atoms with Crippen LogP contribution in [0.4, 0.5) is 0 Å². The smallest absolute Gasteiger partial charge is 0.237 e. The van der Waals surface area contributed by atoms with Crippen LogP contribution in [0.3, 0.4) is 0 Å². The van der Waals surface area contributed by atoms with Gasteiger partial charge in [-0.1, -0.05) is 24.3 Å². The van der Waals surface area contributed by atoms with E-state index in [9.17, 15) is 9.90 Å². The van der Waals surface area contributed by atoms with Crippen molar-refractivity contribution < 1.29 is 9.90 Å². The Bertz CT molecular complexity index is 696. The maximum absolute atomic E-state index is 12.0. The summed E-state index contributed by atoms with van der Waals surface area (Å²) in [5, 5.41) is 16.4. The molecule has 2 aromatic rings. The number of aryl methyl sites for hydroxylation is 2. The molecule has 1 aromatic carbocycles. The van der Waals surface area contributed by atoms with Crippen molar-refractivity contribution in [2.45, 2.75) is 39.0 Å². The van der Waals surface area contributed by atoms with Crippen molar-refractivity contribution in [3.8, 4) is 10.4 Å². The Morgan fingerprint density at radius 1 is 1.39 bits per heavy atom. The number of benzene rings is 1. The molecule has 23 heavy (non-hydrogen) atoms. The molecule has 0 spiro atoms. The van der Waals surface area contributed by atoms with Gasteiger partial charge in [0.25, 0.3) is 0 Å². The summed E-state index contributed by atoms with van der Waals surface area (Å²) in [5.41, 5.74) is 3.27. The summed E-state index contributed by atoms with van der Waals surface area (Å²) in [6, 6.07) is 7.91. The topological polar surface area (TPSA) is 74.2 Å². The van der Waals surface area contributed by atoms with Gasteiger partial charge in [-0.3, -0.25) is 4.79 Å². The number of aromatic nitrogens is 1. The van der Waals surface area contributed by atoms with Gasteiger partial charge in [0.15, 0.2) is 0 Å². The van der Waals surface area contributed by atoms with Gasteiger partial charge in [-0.2, -0.15) is 0 Å². The van der Waals surface area contributed by atoms with Gasteiger partial charge in [0.1, 0.15) is 0 Å². The second-order valence-electron chi connectivity index (χ2n) is 5.91. The van der Waals surface area contributed by atoms with Gasteiger partial charge in [-0.25, -0.2) is 4.98 Å². The summed E-state index contributed by atoms with van der Waals surface area (Å²) in [7, 11) is 0. The molecule has 1 aliphatic rings. The number of nitrogens with zero attached hydrogens (tertiary/aromatic N) is 1. The number of aliphatic hydroxyl groups excluding tert-OH is 1. The van der Waals surface area contributed by atoms with E-state index in [1.54, 1.807) is 11.3 Å². The van der Waals surface area contributed by atoms with E-state index in [2.05, 4.69) is 27.8 Å². The lowest BCUT2D eigenvalue weighted by Gasteiger charge is -2.11. The minimum Gasteiger partial charge on any atom is -0.392 e. The zero-order chi connectivity index (χ0) is 16.4. The average molecular weight is 331 g/mol. The highest BCUT2D eigenvalue weighted by atomic mass is 32.1. The molecule has 1 aromatic heterocycles. The first-order valence-electron chi connectivity index (χ1n) is 7.75. The molecule has 2 unspecified atom stereocenters. The minimum atomic E-state index is -0.420. The molecule has 0 bridgehead atoms. The van der Waals surface area contributed by atoms with E-state index in [-0.39, 0.29) is 11.9 Å². The Morgan fingerprint density at radius 3 is 2.70 bits per heavy atom. The summed E-state index contributed by atoms with van der Waals surface area (Å²) in [6.45, 7) is 5.02. The molecule has 1 aliphatic heterocycles. The van der Waals surface area contributed by atoms with Crippen molar-refractivity contribution in [1.29, 1.82) is 0 Å². The van der Waals surface area contributed by atoms with E-state index in [4.69, 9.17) is 0 Å². The van der Waals surface area contributed by atoms with Crippen LogP contribution < -0.4 is 10.6 Å². The van der Waals surface area contributed by atoms with Gasteiger partial charge in [-0.15, -0.1) is 11.3 Å². The van der Waals surface area contributed by atoms with E-state index >= 15 is 0 Å². The Morgan fingerprint density at radius 2 is 2.13 bits per heavy atom. The third-order valence-electron chi connectivity index (χ3n) is 4.01. The van der Waals surface area contributed by atoms with E-state index in [0.717, 1.165) is 21.8 Å². The fourth-order valence-corrected chi connectivity index (χ4v) is 3.73. The van der Waals surface area contributed by atoms with Crippen molar-refractivity contribution in [3.63, 3.8) is 0 Å². The maximum atomic E-state index is 12.0. The molecule has 0 saturated carbocycles. The number of amides is 1. The quantitative estimate of drug-likeness (QED) is 0.798. The maximum Gasteiger partial charge on any atom is 0.237 e. The van der Waals surface area contributed by atoms with E-state index < -0.39 is 6.10 Å². The molecule has 1 saturated heterocycles. The van der Waals surface area contributed by atoms with Gasteiger partial charge in [-0.05, 0) is 31.4 Å². The molecule has 0 radical (unpaired) electrons. The highest BCUT2D eigenvalue weighted by molar-refractivity contribution is 7.15. The van der Waals surface area contributed by atoms with Crippen LogP contribution in [0.15, 0.2) is 24.3 Å². The number of aliphatic hydroxyl groups is 1. The number of nitrogens with one attached hydrogen (secondary N) is 2. The van der Waals surface area contributed by atoms with Crippen LogP contribution in [-0.4, -0.2) is 34.7 Å². The van der Waals surface area contributed by atoms with Crippen LogP contribution in [0.25, 0.3) is 10.4 Å². The molecule has 1 fully saturated rings. The van der Waals surface area contributed by atoms with Gasteiger partial charge in [0, 0.05) is 13.1 Å². The zero-order valence-electron chi connectivity index (χ0n) is 13.3. The summed E-state index contributed by atoms with van der Waals surface area (Å²) in [4.78, 5) is 17.7. The highest BCUT2D eigenvalue weighted by Crippen LogP contribution is 2.29. The number of hydrogen-bond acceptors (Lipinski definition) is 5. The lowest BCUT2D eigenvalue weighted by Crippen LogP contribution is -2.39. The van der Waals surface area contributed by atoms with Crippen LogP contribution in [0.5, 0.6) is 0 Å². The monoisotopic (exact) mass is 331 g/mol. The number of β-amino-alcohol motifs (C(OH)–C–C–N with tert-alkyl or cyclic N) is 1. The third-order valence-corrected chi connectivity index (χ3v) is 5.13. The summed E-state index contributed by atoms with van der Waals surface area (Å²) in [6.07, 6.45) is 0.0607. The van der Waals surface area contributed by atoms with E-state index in [0.29, 0.717) is 19.5 Å². The molecule has 5 nitrogen and oxygen atoms in total. The number of rotatable bonds is 4. The van der Waals surface area contributed by atoms with Crippen molar-refractivity contribution >= 4 is 17.2 Å². The van der Waals surface area contributed by atoms with E-state index in [1.165, 1.54) is 4.88 Å². The Kier molecular flexibility index (Phi) is 4.75. The first kappa shape index (κ1) is 16.1. The number of carbonyl (C=O) groups is 1. The largest absolute Gasteiger partial charge is 0.392 e. The van der Waals surface area contributed by atoms with Crippen molar-refractivity contribution in [3.05, 3.63) is 40.5 Å². The molecule has 6 heteroatoms. The second kappa shape index (κ2) is 6.78. The van der Waals surface area contributed by atoms with E-state index in [1.807, 2.05) is 26.0 Å². The van der Waals surface area contributed by atoms with Crippen molar-refractivity contribution in [1.82, 2.24) is 15.6 Å². The van der Waals surface area contributed by atoms with Crippen molar-refractivity contribution in [2.24, 2.45) is 0 Å². The number of carbonyl (C=O) groups excluding carboxylic acids is 1. The van der Waals surface area contributed by atoms with Gasteiger partial charge in [0.2, 0.25) is 5.91 Å². The van der Waals surface area contributed by atoms with Crippen LogP contribution in [0, 0.1) is 13.8 Å². The van der Waals surface area contributed by atoms with Crippen molar-refractivity contribution in [2.75, 3.05) is 6.54 Å². The standard InChI is InChI=1S/C17H21N3O2S/c1-10-16(23-11(2)20-10)13-5-3-12(4-6-13)8-19-17(22)15-7-14(21)9-18-15/h3-6,14-15,18,21H,7-9H2,1-2H3,(H,19,22). The molecular weight excluding hydrogens is 310 g/mol. The predicted molar refractivity (Wildman–Crippen MR) is 91.3 cm³/mol. The molecular formula is C17H21N3O2S. The molecule has 3 rings (SSSR count). The van der Waals surface area contributed by atoms with Crippen LogP contribution in [-0.2, 0) is 11.3 Å². The summed E-state index contributed by atoms with van der Waals surface area (Å²) >= 11 is 1.70. The molecule has 3 N–H and O–H groups in total. The minimum absolute atomic E-state index is 0.0560. The predicted octanol–water partition coefficient (Wildman–Crippen LogP) is 1.77. The zero-order valence-corrected chi connectivity index (χ0v) is 14.1. The third kappa shape index (κ3) is 3.77. The molecule has 0 aliphatic carbocycles. The molecule has 1 amide bonds. The molecule has 2 atom stereocenters. The lowest BCUT2D eigenvalue weighted by atomic mass is 10.1. The Hall–Kier alpha value is -1.76. The normalized spacial score (nSPS) is 20.7. The van der Waals surface area contributed by atoms with Gasteiger partial charge >= 0.3 is 0 Å². The molecule has 2 heterocycles. The van der Waals surface area contributed by atoms with Crippen LogP contribution in [0.2, 0.25) is 0 Å². The number of hydrogen-bond donors (Lipinski definition) is 3. The highest BCUT2D eigenvalue weighted by Gasteiger charge is 2.27. The first-order chi connectivity index (χ1) is 11.0. The van der Waals surface area contributed by atoms with Crippen LogP contribution in [0.1, 0.15) is 22.7 Å². The SMILES string of the molecule is Cc1nc(C)c(-c2ccc(CNC(=O)C3CC(O)CN3)cc2)s1.